The number of esters is 1. The van der Waals surface area contributed by atoms with Gasteiger partial charge >= 0.3 is 5.97 Å². The van der Waals surface area contributed by atoms with Gasteiger partial charge in [0.15, 0.2) is 11.9 Å². The zero-order valence-corrected chi connectivity index (χ0v) is 15.2. The fraction of sp³-hybridized carbons (Fsp3) is 0.444. The van der Waals surface area contributed by atoms with Gasteiger partial charge in [0.1, 0.15) is 5.03 Å². The van der Waals surface area contributed by atoms with E-state index in [1.807, 2.05) is 25.1 Å². The fourth-order valence-electron chi connectivity index (χ4n) is 2.48. The minimum atomic E-state index is -0.352. The molecule has 0 N–H and O–H groups in total. The van der Waals surface area contributed by atoms with Crippen molar-refractivity contribution in [2.75, 3.05) is 0 Å². The van der Waals surface area contributed by atoms with E-state index in [-0.39, 0.29) is 12.1 Å². The van der Waals surface area contributed by atoms with Gasteiger partial charge in [-0.15, -0.1) is 0 Å². The standard InChI is InChI=1S/C18H24N2O2S/c1-6-20-17(13(4)22-14(5)21)19-16(12(2)3)18(20)23-15-10-8-7-9-11-15/h7-13H,6H2,1-5H3. The van der Waals surface area contributed by atoms with Crippen LogP contribution in [0.5, 0.6) is 0 Å². The van der Waals surface area contributed by atoms with Crippen LogP contribution in [-0.4, -0.2) is 15.5 Å². The molecule has 2 rings (SSSR count). The summed E-state index contributed by atoms with van der Waals surface area (Å²) in [5.41, 5.74) is 1.05. The Morgan fingerprint density at radius 3 is 2.43 bits per heavy atom. The quantitative estimate of drug-likeness (QED) is 0.713. The Kier molecular flexibility index (Phi) is 5.88. The van der Waals surface area contributed by atoms with E-state index in [1.165, 1.54) is 11.8 Å². The lowest BCUT2D eigenvalue weighted by atomic mass is 10.1. The van der Waals surface area contributed by atoms with E-state index < -0.39 is 0 Å². The monoisotopic (exact) mass is 332 g/mol. The molecule has 23 heavy (non-hydrogen) atoms. The Balaban J connectivity index is 2.46. The number of carbonyl (C=O) groups is 1. The average Bonchev–Trinajstić information content (AvgIpc) is 2.86. The fourth-order valence-corrected chi connectivity index (χ4v) is 3.71. The number of aromatic nitrogens is 2. The van der Waals surface area contributed by atoms with E-state index in [0.717, 1.165) is 23.1 Å². The number of carbonyl (C=O) groups excluding carboxylic acids is 1. The van der Waals surface area contributed by atoms with Crippen molar-refractivity contribution in [3.8, 4) is 0 Å². The molecule has 0 saturated carbocycles. The molecule has 2 aromatic rings. The second-order valence-corrected chi connectivity index (χ2v) is 6.79. The summed E-state index contributed by atoms with van der Waals surface area (Å²) < 4.78 is 7.50. The van der Waals surface area contributed by atoms with Crippen LogP contribution in [0.1, 0.15) is 58.2 Å². The molecule has 1 unspecified atom stereocenters. The molecule has 0 saturated heterocycles. The van der Waals surface area contributed by atoms with Crippen LogP contribution in [0.15, 0.2) is 40.3 Å². The zero-order valence-electron chi connectivity index (χ0n) is 14.4. The molecule has 0 radical (unpaired) electrons. The predicted octanol–water partition coefficient (Wildman–Crippen LogP) is 4.80. The number of imidazole rings is 1. The molecule has 1 aromatic heterocycles. The number of nitrogens with zero attached hydrogens (tertiary/aromatic N) is 2. The van der Waals surface area contributed by atoms with E-state index >= 15 is 0 Å². The Morgan fingerprint density at radius 2 is 1.91 bits per heavy atom. The maximum atomic E-state index is 11.3. The van der Waals surface area contributed by atoms with Crippen molar-refractivity contribution in [3.63, 3.8) is 0 Å². The van der Waals surface area contributed by atoms with Crippen LogP contribution in [0.25, 0.3) is 0 Å². The minimum absolute atomic E-state index is 0.286. The largest absolute Gasteiger partial charge is 0.455 e. The highest BCUT2D eigenvalue weighted by atomic mass is 32.2. The van der Waals surface area contributed by atoms with Crippen LogP contribution >= 0.6 is 11.8 Å². The van der Waals surface area contributed by atoms with Gasteiger partial charge in [0.2, 0.25) is 0 Å². The summed E-state index contributed by atoms with van der Waals surface area (Å²) in [5.74, 6) is 0.827. The first kappa shape index (κ1) is 17.6. The van der Waals surface area contributed by atoms with Gasteiger partial charge < -0.3 is 9.30 Å². The molecule has 0 aliphatic rings. The molecule has 4 nitrogen and oxygen atoms in total. The summed E-state index contributed by atoms with van der Waals surface area (Å²) >= 11 is 1.71. The first-order valence-corrected chi connectivity index (χ1v) is 8.76. The van der Waals surface area contributed by atoms with E-state index in [0.29, 0.717) is 5.92 Å². The second kappa shape index (κ2) is 7.68. The highest BCUT2D eigenvalue weighted by Gasteiger charge is 2.24. The number of rotatable bonds is 6. The number of hydrogen-bond donors (Lipinski definition) is 0. The number of ether oxygens (including phenoxy) is 1. The zero-order chi connectivity index (χ0) is 17.0. The lowest BCUT2D eigenvalue weighted by molar-refractivity contribution is -0.146. The smallest absolute Gasteiger partial charge is 0.303 e. The SMILES string of the molecule is CCn1c(C(C)OC(C)=O)nc(C(C)C)c1Sc1ccccc1. The molecular formula is C18H24N2O2S. The van der Waals surface area contributed by atoms with Crippen molar-refractivity contribution in [2.24, 2.45) is 0 Å². The van der Waals surface area contributed by atoms with Gasteiger partial charge in [-0.05, 0) is 31.9 Å². The summed E-state index contributed by atoms with van der Waals surface area (Å²) in [7, 11) is 0. The van der Waals surface area contributed by atoms with Gasteiger partial charge in [-0.25, -0.2) is 4.98 Å². The first-order valence-electron chi connectivity index (χ1n) is 7.94. The van der Waals surface area contributed by atoms with Crippen molar-refractivity contribution in [1.82, 2.24) is 9.55 Å². The molecule has 0 bridgehead atoms. The van der Waals surface area contributed by atoms with Crippen molar-refractivity contribution >= 4 is 17.7 Å². The third kappa shape index (κ3) is 4.16. The van der Waals surface area contributed by atoms with Crippen molar-refractivity contribution < 1.29 is 9.53 Å². The Bertz CT molecular complexity index is 665. The minimum Gasteiger partial charge on any atom is -0.455 e. The van der Waals surface area contributed by atoms with Gasteiger partial charge in [0.05, 0.1) is 5.69 Å². The van der Waals surface area contributed by atoms with Gasteiger partial charge in [0.25, 0.3) is 0 Å². The molecule has 0 fully saturated rings. The molecule has 0 aliphatic carbocycles. The Hall–Kier alpha value is -1.75. The van der Waals surface area contributed by atoms with Crippen LogP contribution in [0.3, 0.4) is 0 Å². The maximum Gasteiger partial charge on any atom is 0.303 e. The summed E-state index contributed by atoms with van der Waals surface area (Å²) in [6.45, 7) is 10.5. The van der Waals surface area contributed by atoms with Crippen LogP contribution in [-0.2, 0) is 16.1 Å². The lowest BCUT2D eigenvalue weighted by Gasteiger charge is -2.15. The van der Waals surface area contributed by atoms with Crippen LogP contribution in [0.4, 0.5) is 0 Å². The van der Waals surface area contributed by atoms with Crippen molar-refractivity contribution in [2.45, 2.75) is 63.1 Å². The van der Waals surface area contributed by atoms with E-state index in [4.69, 9.17) is 9.72 Å². The normalized spacial score (nSPS) is 12.4. The molecule has 1 aromatic carbocycles. The lowest BCUT2D eigenvalue weighted by Crippen LogP contribution is -2.12. The summed E-state index contributed by atoms with van der Waals surface area (Å²) in [6, 6.07) is 10.3. The Morgan fingerprint density at radius 1 is 1.26 bits per heavy atom. The van der Waals surface area contributed by atoms with Gasteiger partial charge in [-0.1, -0.05) is 43.8 Å². The predicted molar refractivity (Wildman–Crippen MR) is 92.7 cm³/mol. The van der Waals surface area contributed by atoms with Crippen LogP contribution in [0, 0.1) is 0 Å². The molecule has 124 valence electrons. The summed E-state index contributed by atoms with van der Waals surface area (Å²) in [4.78, 5) is 17.3. The van der Waals surface area contributed by atoms with Gasteiger partial charge in [-0.2, -0.15) is 0 Å². The second-order valence-electron chi connectivity index (χ2n) is 5.73. The molecule has 1 heterocycles. The molecule has 0 aliphatic heterocycles. The summed E-state index contributed by atoms with van der Waals surface area (Å²) in [6.07, 6.45) is -0.352. The maximum absolute atomic E-state index is 11.3. The van der Waals surface area contributed by atoms with E-state index in [2.05, 4.69) is 37.5 Å². The molecule has 5 heteroatoms. The van der Waals surface area contributed by atoms with Crippen molar-refractivity contribution in [1.29, 1.82) is 0 Å². The van der Waals surface area contributed by atoms with E-state index in [1.54, 1.807) is 11.8 Å². The van der Waals surface area contributed by atoms with Crippen LogP contribution in [0.2, 0.25) is 0 Å². The van der Waals surface area contributed by atoms with E-state index in [9.17, 15) is 4.79 Å². The van der Waals surface area contributed by atoms with Crippen molar-refractivity contribution in [3.05, 3.63) is 41.9 Å². The Labute approximate surface area is 142 Å². The third-order valence-electron chi connectivity index (χ3n) is 3.50. The molecule has 0 amide bonds. The topological polar surface area (TPSA) is 44.1 Å². The third-order valence-corrected chi connectivity index (χ3v) is 4.63. The number of hydrogen-bond acceptors (Lipinski definition) is 4. The van der Waals surface area contributed by atoms with Crippen LogP contribution < -0.4 is 0 Å². The molecular weight excluding hydrogens is 308 g/mol. The molecule has 1 atom stereocenters. The number of benzene rings is 1. The first-order chi connectivity index (χ1) is 10.9. The summed E-state index contributed by atoms with van der Waals surface area (Å²) in [5, 5.41) is 1.13. The van der Waals surface area contributed by atoms with Gasteiger partial charge in [0, 0.05) is 18.4 Å². The van der Waals surface area contributed by atoms with Gasteiger partial charge in [-0.3, -0.25) is 4.79 Å². The average molecular weight is 332 g/mol. The highest BCUT2D eigenvalue weighted by Crippen LogP contribution is 2.36. The highest BCUT2D eigenvalue weighted by molar-refractivity contribution is 7.99. The molecule has 0 spiro atoms.